The summed E-state index contributed by atoms with van der Waals surface area (Å²) in [6, 6.07) is 0. The summed E-state index contributed by atoms with van der Waals surface area (Å²) in [5, 5.41) is 0. The van der Waals surface area contributed by atoms with Crippen molar-refractivity contribution < 1.29 is 0 Å². The van der Waals surface area contributed by atoms with Crippen LogP contribution in [-0.4, -0.2) is 0 Å². The van der Waals surface area contributed by atoms with Crippen molar-refractivity contribution in [3.8, 4) is 0 Å². The minimum absolute atomic E-state index is 1.07. The lowest BCUT2D eigenvalue weighted by Crippen LogP contribution is -1.80. The second-order valence-corrected chi connectivity index (χ2v) is 2.50. The van der Waals surface area contributed by atoms with Gasteiger partial charge in [0.15, 0.2) is 0 Å². The minimum Gasteiger partial charge on any atom is -0.0985 e. The van der Waals surface area contributed by atoms with Crippen LogP contribution >= 0.6 is 0 Å². The number of rotatable bonds is 4. The Balaban J connectivity index is 4.57. The van der Waals surface area contributed by atoms with E-state index in [1.165, 1.54) is 11.1 Å². The van der Waals surface area contributed by atoms with Gasteiger partial charge in [-0.15, -0.1) is 0 Å². The maximum atomic E-state index is 3.77. The lowest BCUT2D eigenvalue weighted by atomic mass is 10.1. The highest BCUT2D eigenvalue weighted by atomic mass is 14.0. The monoisotopic (exact) mass is 162 g/mol. The summed E-state index contributed by atoms with van der Waals surface area (Å²) >= 11 is 0. The van der Waals surface area contributed by atoms with Crippen molar-refractivity contribution in [2.45, 2.75) is 27.2 Å². The molecule has 0 aliphatic rings. The van der Waals surface area contributed by atoms with Crippen LogP contribution in [0.3, 0.4) is 0 Å². The zero-order valence-corrected chi connectivity index (χ0v) is 8.30. The Hall–Kier alpha value is -1.04. The normalized spacial score (nSPS) is 13.9. The fraction of sp³-hybridized carbons (Fsp3) is 0.333. The van der Waals surface area contributed by atoms with E-state index < -0.39 is 0 Å². The van der Waals surface area contributed by atoms with E-state index in [0.29, 0.717) is 0 Å². The van der Waals surface area contributed by atoms with Gasteiger partial charge in [-0.1, -0.05) is 43.9 Å². The Morgan fingerprint density at radius 2 is 1.75 bits per heavy atom. The first-order chi connectivity index (χ1) is 5.79. The zero-order chi connectivity index (χ0) is 9.40. The van der Waals surface area contributed by atoms with Gasteiger partial charge in [0.1, 0.15) is 0 Å². The van der Waals surface area contributed by atoms with Crippen molar-refractivity contribution in [1.82, 2.24) is 0 Å². The molecule has 66 valence electrons. The summed E-state index contributed by atoms with van der Waals surface area (Å²) in [6.07, 6.45) is 11.4. The molecule has 0 nitrogen and oxygen atoms in total. The molecule has 0 spiro atoms. The minimum atomic E-state index is 1.07. The molecule has 0 amide bonds. The SMILES string of the molecule is C=CC(=C\C)/C(/C=C\CC)=C/C. The maximum absolute atomic E-state index is 3.77. The van der Waals surface area contributed by atoms with Gasteiger partial charge < -0.3 is 0 Å². The molecule has 0 aromatic carbocycles. The van der Waals surface area contributed by atoms with Crippen molar-refractivity contribution in [2.24, 2.45) is 0 Å². The molecule has 0 unspecified atom stereocenters. The first-order valence-corrected chi connectivity index (χ1v) is 4.42. The van der Waals surface area contributed by atoms with Crippen LogP contribution < -0.4 is 0 Å². The van der Waals surface area contributed by atoms with E-state index >= 15 is 0 Å². The van der Waals surface area contributed by atoms with E-state index in [0.717, 1.165) is 6.42 Å². The second kappa shape index (κ2) is 6.66. The van der Waals surface area contributed by atoms with Gasteiger partial charge in [-0.2, -0.15) is 0 Å². The topological polar surface area (TPSA) is 0 Å². The molecular weight excluding hydrogens is 144 g/mol. The van der Waals surface area contributed by atoms with Crippen molar-refractivity contribution in [2.75, 3.05) is 0 Å². The average molecular weight is 162 g/mol. The lowest BCUT2D eigenvalue weighted by molar-refractivity contribution is 1.22. The van der Waals surface area contributed by atoms with E-state index in [2.05, 4.69) is 37.8 Å². The smallest absolute Gasteiger partial charge is 0.0233 e. The van der Waals surface area contributed by atoms with Crippen LogP contribution in [0.4, 0.5) is 0 Å². The van der Waals surface area contributed by atoms with Crippen LogP contribution in [0.1, 0.15) is 27.2 Å². The van der Waals surface area contributed by atoms with Gasteiger partial charge in [0.05, 0.1) is 0 Å². The van der Waals surface area contributed by atoms with Gasteiger partial charge in [0, 0.05) is 0 Å². The van der Waals surface area contributed by atoms with Crippen LogP contribution in [0.2, 0.25) is 0 Å². The fourth-order valence-electron chi connectivity index (χ4n) is 1.01. The van der Waals surface area contributed by atoms with Crippen LogP contribution in [0.15, 0.2) is 48.1 Å². The van der Waals surface area contributed by atoms with Gasteiger partial charge in [0.2, 0.25) is 0 Å². The molecule has 0 aromatic rings. The number of hydrogen-bond acceptors (Lipinski definition) is 0. The standard InChI is InChI=1S/C12H18/c1-5-9-10-12(8-4)11(6-2)7-3/h6-10H,2,5H2,1,3-4H3/b10-9-,11-7+,12-8+. The predicted molar refractivity (Wildman–Crippen MR) is 57.1 cm³/mol. The quantitative estimate of drug-likeness (QED) is 0.547. The maximum Gasteiger partial charge on any atom is -0.0233 e. The van der Waals surface area contributed by atoms with Gasteiger partial charge >= 0.3 is 0 Å². The summed E-state index contributed by atoms with van der Waals surface area (Å²) < 4.78 is 0. The molecule has 0 aliphatic carbocycles. The molecule has 0 radical (unpaired) electrons. The molecule has 0 fully saturated rings. The molecular formula is C12H18. The summed E-state index contributed by atoms with van der Waals surface area (Å²) in [4.78, 5) is 0. The van der Waals surface area contributed by atoms with Crippen molar-refractivity contribution in [3.63, 3.8) is 0 Å². The summed E-state index contributed by atoms with van der Waals surface area (Å²) in [6.45, 7) is 9.97. The van der Waals surface area contributed by atoms with E-state index in [9.17, 15) is 0 Å². The Morgan fingerprint density at radius 1 is 1.17 bits per heavy atom. The van der Waals surface area contributed by atoms with Gasteiger partial charge in [-0.3, -0.25) is 0 Å². The summed E-state index contributed by atoms with van der Waals surface area (Å²) in [5.41, 5.74) is 2.44. The Bertz CT molecular complexity index is 214. The molecule has 0 aromatic heterocycles. The molecule has 0 rings (SSSR count). The third-order valence-electron chi connectivity index (χ3n) is 1.71. The highest BCUT2D eigenvalue weighted by Crippen LogP contribution is 2.12. The average Bonchev–Trinajstić information content (AvgIpc) is 2.12. The first kappa shape index (κ1) is 11.0. The van der Waals surface area contributed by atoms with Crippen LogP contribution in [0.5, 0.6) is 0 Å². The molecule has 0 atom stereocenters. The van der Waals surface area contributed by atoms with Crippen LogP contribution in [-0.2, 0) is 0 Å². The van der Waals surface area contributed by atoms with E-state index in [1.807, 2.05) is 19.9 Å². The highest BCUT2D eigenvalue weighted by molar-refractivity contribution is 5.44. The third-order valence-corrected chi connectivity index (χ3v) is 1.71. The Labute approximate surface area is 76.0 Å². The van der Waals surface area contributed by atoms with Crippen LogP contribution in [0, 0.1) is 0 Å². The second-order valence-electron chi connectivity index (χ2n) is 2.50. The Kier molecular flexibility index (Phi) is 6.08. The van der Waals surface area contributed by atoms with Crippen molar-refractivity contribution >= 4 is 0 Å². The zero-order valence-electron chi connectivity index (χ0n) is 8.30. The summed E-state index contributed by atoms with van der Waals surface area (Å²) in [7, 11) is 0. The molecule has 0 heterocycles. The molecule has 0 heteroatoms. The molecule has 0 bridgehead atoms. The first-order valence-electron chi connectivity index (χ1n) is 4.42. The van der Waals surface area contributed by atoms with Crippen LogP contribution in [0.25, 0.3) is 0 Å². The predicted octanol–water partition coefficient (Wildman–Crippen LogP) is 4.03. The van der Waals surface area contributed by atoms with Gasteiger partial charge in [-0.25, -0.2) is 0 Å². The fourth-order valence-corrected chi connectivity index (χ4v) is 1.01. The van der Waals surface area contributed by atoms with Gasteiger partial charge in [0.25, 0.3) is 0 Å². The largest absolute Gasteiger partial charge is 0.0985 e. The summed E-state index contributed by atoms with van der Waals surface area (Å²) in [5.74, 6) is 0. The van der Waals surface area contributed by atoms with Gasteiger partial charge in [-0.05, 0) is 31.4 Å². The molecule has 0 saturated heterocycles. The van der Waals surface area contributed by atoms with Crippen molar-refractivity contribution in [3.05, 3.63) is 48.1 Å². The van der Waals surface area contributed by atoms with E-state index in [1.54, 1.807) is 0 Å². The molecule has 0 aliphatic heterocycles. The molecule has 12 heavy (non-hydrogen) atoms. The third kappa shape index (κ3) is 3.38. The molecule has 0 saturated carbocycles. The van der Waals surface area contributed by atoms with E-state index in [-0.39, 0.29) is 0 Å². The lowest BCUT2D eigenvalue weighted by Gasteiger charge is -2.00. The molecule has 0 N–H and O–H groups in total. The van der Waals surface area contributed by atoms with Crippen molar-refractivity contribution in [1.29, 1.82) is 0 Å². The Morgan fingerprint density at radius 3 is 2.08 bits per heavy atom. The highest BCUT2D eigenvalue weighted by Gasteiger charge is 1.92. The van der Waals surface area contributed by atoms with E-state index in [4.69, 9.17) is 0 Å². The number of allylic oxidation sites excluding steroid dienone is 7. The number of hydrogen-bond donors (Lipinski definition) is 0.